The zero-order valence-electron chi connectivity index (χ0n) is 18.5. The average molecular weight is 398 g/mol. The lowest BCUT2D eigenvalue weighted by atomic mass is 9.98. The fourth-order valence-electron chi connectivity index (χ4n) is 3.24. The average Bonchev–Trinajstić information content (AvgIpc) is 2.71. The number of rotatable bonds is 7. The van der Waals surface area contributed by atoms with Gasteiger partial charge in [0.2, 0.25) is 0 Å². The van der Waals surface area contributed by atoms with Crippen molar-refractivity contribution in [3.8, 4) is 17.6 Å². The predicted octanol–water partition coefficient (Wildman–Crippen LogP) is 6.46. The Morgan fingerprint density at radius 1 is 0.967 bits per heavy atom. The summed E-state index contributed by atoms with van der Waals surface area (Å²) >= 11 is 0. The summed E-state index contributed by atoms with van der Waals surface area (Å²) in [7, 11) is 2.12. The molecule has 0 saturated heterocycles. The molecule has 0 spiro atoms. The third-order valence-electron chi connectivity index (χ3n) is 4.69. The third kappa shape index (κ3) is 6.79. The Morgan fingerprint density at radius 2 is 1.73 bits per heavy atom. The van der Waals surface area contributed by atoms with Crippen LogP contribution in [0.2, 0.25) is 0 Å². The summed E-state index contributed by atoms with van der Waals surface area (Å²) in [5, 5.41) is 2.49. The SMILES string of the molecule is CN(CC=CC#CC(C)(C)C)Cc1cccc(OCc2cccc3ccccc23)c1. The van der Waals surface area contributed by atoms with Crippen LogP contribution in [0.1, 0.15) is 31.9 Å². The van der Waals surface area contributed by atoms with Crippen molar-refractivity contribution in [3.05, 3.63) is 90.0 Å². The highest BCUT2D eigenvalue weighted by Crippen LogP contribution is 2.21. The minimum absolute atomic E-state index is 0.0444. The van der Waals surface area contributed by atoms with E-state index in [0.717, 1.165) is 18.8 Å². The van der Waals surface area contributed by atoms with Crippen molar-refractivity contribution in [2.45, 2.75) is 33.9 Å². The maximum atomic E-state index is 6.12. The summed E-state index contributed by atoms with van der Waals surface area (Å²) in [5.74, 6) is 7.24. The Morgan fingerprint density at radius 3 is 2.57 bits per heavy atom. The van der Waals surface area contributed by atoms with Crippen LogP contribution in [0, 0.1) is 17.3 Å². The Hall–Kier alpha value is -3.02. The summed E-state index contributed by atoms with van der Waals surface area (Å²) in [4.78, 5) is 2.26. The van der Waals surface area contributed by atoms with Gasteiger partial charge in [0.05, 0.1) is 0 Å². The number of benzene rings is 3. The van der Waals surface area contributed by atoms with Gasteiger partial charge in [-0.3, -0.25) is 4.90 Å². The van der Waals surface area contributed by atoms with Crippen LogP contribution in [-0.4, -0.2) is 18.5 Å². The van der Waals surface area contributed by atoms with Crippen molar-refractivity contribution >= 4 is 10.8 Å². The lowest BCUT2D eigenvalue weighted by molar-refractivity contribution is 0.306. The van der Waals surface area contributed by atoms with E-state index in [2.05, 4.69) is 111 Å². The number of allylic oxidation sites excluding steroid dienone is 1. The third-order valence-corrected chi connectivity index (χ3v) is 4.69. The molecule has 3 aromatic rings. The number of fused-ring (bicyclic) bond motifs is 1. The van der Waals surface area contributed by atoms with Crippen LogP contribution in [0.5, 0.6) is 5.75 Å². The molecule has 3 aromatic carbocycles. The highest BCUT2D eigenvalue weighted by molar-refractivity contribution is 5.85. The van der Waals surface area contributed by atoms with Gasteiger partial charge < -0.3 is 4.74 Å². The Labute approximate surface area is 181 Å². The van der Waals surface area contributed by atoms with Crippen LogP contribution in [0.25, 0.3) is 10.8 Å². The Balaban J connectivity index is 1.56. The van der Waals surface area contributed by atoms with Gasteiger partial charge in [-0.25, -0.2) is 0 Å². The number of nitrogens with zero attached hydrogens (tertiary/aromatic N) is 1. The summed E-state index contributed by atoms with van der Waals surface area (Å²) in [5.41, 5.74) is 2.49. The van der Waals surface area contributed by atoms with Gasteiger partial charge in [0.1, 0.15) is 12.4 Å². The van der Waals surface area contributed by atoms with Gasteiger partial charge in [0.25, 0.3) is 0 Å². The van der Waals surface area contributed by atoms with Crippen molar-refractivity contribution < 1.29 is 4.74 Å². The molecule has 0 fully saturated rings. The molecule has 2 heteroatoms. The molecule has 0 bridgehead atoms. The van der Waals surface area contributed by atoms with E-state index in [-0.39, 0.29) is 5.41 Å². The topological polar surface area (TPSA) is 12.5 Å². The van der Waals surface area contributed by atoms with Crippen LogP contribution in [0.3, 0.4) is 0 Å². The van der Waals surface area contributed by atoms with E-state index >= 15 is 0 Å². The van der Waals surface area contributed by atoms with Gasteiger partial charge in [-0.1, -0.05) is 72.5 Å². The maximum Gasteiger partial charge on any atom is 0.120 e. The quantitative estimate of drug-likeness (QED) is 0.424. The monoisotopic (exact) mass is 397 g/mol. The molecule has 0 amide bonds. The highest BCUT2D eigenvalue weighted by Gasteiger charge is 2.04. The van der Waals surface area contributed by atoms with E-state index in [4.69, 9.17) is 4.74 Å². The van der Waals surface area contributed by atoms with Gasteiger partial charge in [-0.2, -0.15) is 0 Å². The normalized spacial score (nSPS) is 11.6. The zero-order chi connectivity index (χ0) is 21.4. The molecule has 0 heterocycles. The number of ether oxygens (including phenoxy) is 1. The molecule has 0 aromatic heterocycles. The van der Waals surface area contributed by atoms with E-state index in [1.807, 2.05) is 12.1 Å². The van der Waals surface area contributed by atoms with Gasteiger partial charge in [-0.15, -0.1) is 0 Å². The molecule has 2 nitrogen and oxygen atoms in total. The molecule has 30 heavy (non-hydrogen) atoms. The largest absolute Gasteiger partial charge is 0.489 e. The molecular formula is C28H31NO. The number of likely N-dealkylation sites (N-methyl/N-ethyl adjacent to an activating group) is 1. The first-order valence-corrected chi connectivity index (χ1v) is 10.5. The first-order valence-electron chi connectivity index (χ1n) is 10.5. The van der Waals surface area contributed by atoms with E-state index in [1.54, 1.807) is 0 Å². The smallest absolute Gasteiger partial charge is 0.120 e. The molecule has 0 aliphatic heterocycles. The fourth-order valence-corrected chi connectivity index (χ4v) is 3.24. The van der Waals surface area contributed by atoms with Crippen molar-refractivity contribution in [2.24, 2.45) is 5.41 Å². The first-order chi connectivity index (χ1) is 14.4. The second-order valence-electron chi connectivity index (χ2n) is 8.69. The second kappa shape index (κ2) is 10.1. The number of hydrogen-bond donors (Lipinski definition) is 0. The van der Waals surface area contributed by atoms with Gasteiger partial charge in [0, 0.05) is 18.5 Å². The van der Waals surface area contributed by atoms with Crippen molar-refractivity contribution in [1.82, 2.24) is 4.90 Å². The number of hydrogen-bond acceptors (Lipinski definition) is 2. The summed E-state index contributed by atoms with van der Waals surface area (Å²) in [6.45, 7) is 8.65. The molecule has 0 radical (unpaired) electrons. The summed E-state index contributed by atoms with van der Waals surface area (Å²) in [6.07, 6.45) is 4.06. The molecule has 0 unspecified atom stereocenters. The van der Waals surface area contributed by atoms with Gasteiger partial charge in [0.15, 0.2) is 0 Å². The van der Waals surface area contributed by atoms with E-state index in [0.29, 0.717) is 6.61 Å². The molecule has 154 valence electrons. The fraction of sp³-hybridized carbons (Fsp3) is 0.286. The van der Waals surface area contributed by atoms with Crippen LogP contribution < -0.4 is 4.74 Å². The molecule has 0 saturated carbocycles. The van der Waals surface area contributed by atoms with Crippen LogP contribution in [-0.2, 0) is 13.2 Å². The van der Waals surface area contributed by atoms with Gasteiger partial charge in [-0.05, 0) is 67.9 Å². The molecule has 0 aliphatic carbocycles. The molecule has 0 atom stereocenters. The Bertz CT molecular complexity index is 1060. The lowest BCUT2D eigenvalue weighted by Gasteiger charge is -2.15. The van der Waals surface area contributed by atoms with Crippen LogP contribution in [0.15, 0.2) is 78.9 Å². The first kappa shape index (κ1) is 21.7. The molecule has 3 rings (SSSR count). The minimum atomic E-state index is 0.0444. The maximum absolute atomic E-state index is 6.12. The zero-order valence-corrected chi connectivity index (χ0v) is 18.5. The van der Waals surface area contributed by atoms with Crippen LogP contribution >= 0.6 is 0 Å². The van der Waals surface area contributed by atoms with E-state index in [9.17, 15) is 0 Å². The minimum Gasteiger partial charge on any atom is -0.489 e. The van der Waals surface area contributed by atoms with Crippen molar-refractivity contribution in [1.29, 1.82) is 0 Å². The Kier molecular flexibility index (Phi) is 7.33. The highest BCUT2D eigenvalue weighted by atomic mass is 16.5. The summed E-state index contributed by atoms with van der Waals surface area (Å²) in [6, 6.07) is 23.2. The second-order valence-corrected chi connectivity index (χ2v) is 8.69. The molecular weight excluding hydrogens is 366 g/mol. The van der Waals surface area contributed by atoms with E-state index in [1.165, 1.54) is 21.9 Å². The van der Waals surface area contributed by atoms with Crippen molar-refractivity contribution in [2.75, 3.05) is 13.6 Å². The van der Waals surface area contributed by atoms with Gasteiger partial charge >= 0.3 is 0 Å². The van der Waals surface area contributed by atoms with Crippen LogP contribution in [0.4, 0.5) is 0 Å². The lowest BCUT2D eigenvalue weighted by Crippen LogP contribution is -2.17. The standard InChI is InChI=1S/C28H31NO/c1-28(2,3)18-8-5-9-19-29(4)21-23-12-10-16-26(20-23)30-22-25-15-11-14-24-13-6-7-17-27(24)25/h5-7,9-17,20H,19,21-22H2,1-4H3. The molecule has 0 N–H and O–H groups in total. The molecule has 0 aliphatic rings. The summed E-state index contributed by atoms with van der Waals surface area (Å²) < 4.78 is 6.12. The van der Waals surface area contributed by atoms with E-state index < -0.39 is 0 Å². The predicted molar refractivity (Wildman–Crippen MR) is 127 cm³/mol. The van der Waals surface area contributed by atoms with Crippen molar-refractivity contribution in [3.63, 3.8) is 0 Å².